The van der Waals surface area contributed by atoms with Gasteiger partial charge in [-0.3, -0.25) is 0 Å². The van der Waals surface area contributed by atoms with Gasteiger partial charge in [0.1, 0.15) is 12.4 Å². The molecule has 3 rings (SSSR count). The molecule has 0 saturated heterocycles. The molecule has 0 amide bonds. The minimum atomic E-state index is 0. The highest BCUT2D eigenvalue weighted by molar-refractivity contribution is 5.85. The van der Waals surface area contributed by atoms with Gasteiger partial charge in [0, 0.05) is 23.7 Å². The maximum atomic E-state index is 12.4. The Kier molecular flexibility index (Phi) is 5.95. The molecule has 0 unspecified atom stereocenters. The summed E-state index contributed by atoms with van der Waals surface area (Å²) in [5.41, 5.74) is 6.56. The molecule has 8 heteroatoms. The first-order valence-corrected chi connectivity index (χ1v) is 7.10. The number of nitrogens with zero attached hydrogens (tertiary/aromatic N) is 2. The number of nitrogens with two attached hydrogens (primary N) is 1. The molecule has 1 saturated carbocycles. The number of hydrogen-bond donors (Lipinski definition) is 2. The fourth-order valence-electron chi connectivity index (χ4n) is 1.81. The van der Waals surface area contributed by atoms with Gasteiger partial charge >= 0.3 is 6.01 Å². The molecule has 23 heavy (non-hydrogen) atoms. The molecule has 1 aliphatic carbocycles. The van der Waals surface area contributed by atoms with Gasteiger partial charge in [0.15, 0.2) is 0 Å². The van der Waals surface area contributed by atoms with Crippen LogP contribution in [-0.4, -0.2) is 29.4 Å². The van der Waals surface area contributed by atoms with Crippen LogP contribution in [0.3, 0.4) is 0 Å². The van der Waals surface area contributed by atoms with E-state index in [1.54, 1.807) is 12.1 Å². The minimum Gasteiger partial charge on any atom is -0.489 e. The molecule has 1 fully saturated rings. The number of hydrogen-bond acceptors (Lipinski definition) is 6. The molecule has 2 aromatic rings. The minimum absolute atomic E-state index is 0. The first-order valence-electron chi connectivity index (χ1n) is 7.10. The van der Waals surface area contributed by atoms with Gasteiger partial charge in [-0.25, -0.2) is 4.39 Å². The highest BCUT2D eigenvalue weighted by Crippen LogP contribution is 2.27. The molecule has 1 aliphatic rings. The van der Waals surface area contributed by atoms with E-state index in [1.165, 1.54) is 0 Å². The lowest BCUT2D eigenvalue weighted by Crippen LogP contribution is -2.10. The second-order valence-electron chi connectivity index (χ2n) is 5.12. The van der Waals surface area contributed by atoms with E-state index in [1.807, 2.05) is 12.1 Å². The first-order chi connectivity index (χ1) is 10.8. The van der Waals surface area contributed by atoms with Crippen molar-refractivity contribution < 1.29 is 13.5 Å². The lowest BCUT2D eigenvalue weighted by molar-refractivity contribution is 0.347. The van der Waals surface area contributed by atoms with Gasteiger partial charge in [-0.15, -0.1) is 17.5 Å². The van der Waals surface area contributed by atoms with Crippen LogP contribution >= 0.6 is 12.4 Å². The summed E-state index contributed by atoms with van der Waals surface area (Å²) >= 11 is 0. The second-order valence-corrected chi connectivity index (χ2v) is 5.12. The van der Waals surface area contributed by atoms with Crippen LogP contribution in [0.1, 0.15) is 12.8 Å². The van der Waals surface area contributed by atoms with Crippen molar-refractivity contribution in [3.8, 4) is 17.2 Å². The summed E-state index contributed by atoms with van der Waals surface area (Å²) in [5, 5.41) is 11.1. The van der Waals surface area contributed by atoms with Gasteiger partial charge in [0.2, 0.25) is 5.89 Å². The average molecular weight is 341 g/mol. The van der Waals surface area contributed by atoms with Crippen LogP contribution in [-0.2, 0) is 0 Å². The SMILES string of the molecule is Cl.NC/C(=C\F)COc1ccc(-c2nnc(NC3CC3)o2)cc1. The van der Waals surface area contributed by atoms with Crippen LogP contribution in [0.15, 0.2) is 40.6 Å². The largest absolute Gasteiger partial charge is 0.489 e. The Labute approximate surface area is 139 Å². The Hall–Kier alpha value is -2.12. The van der Waals surface area contributed by atoms with Gasteiger partial charge < -0.3 is 20.2 Å². The summed E-state index contributed by atoms with van der Waals surface area (Å²) < 4.78 is 23.4. The van der Waals surface area contributed by atoms with E-state index in [0.717, 1.165) is 18.4 Å². The summed E-state index contributed by atoms with van der Waals surface area (Å²) in [6.45, 7) is 0.260. The molecule has 3 N–H and O–H groups in total. The highest BCUT2D eigenvalue weighted by atomic mass is 35.5. The number of halogens is 2. The van der Waals surface area contributed by atoms with E-state index in [9.17, 15) is 4.39 Å². The van der Waals surface area contributed by atoms with E-state index >= 15 is 0 Å². The third kappa shape index (κ3) is 4.67. The summed E-state index contributed by atoms with van der Waals surface area (Å²) in [6.07, 6.45) is 2.75. The van der Waals surface area contributed by atoms with Crippen molar-refractivity contribution in [3.63, 3.8) is 0 Å². The predicted molar refractivity (Wildman–Crippen MR) is 87.4 cm³/mol. The number of aromatic nitrogens is 2. The van der Waals surface area contributed by atoms with Crippen LogP contribution in [0.25, 0.3) is 11.5 Å². The van der Waals surface area contributed by atoms with Crippen molar-refractivity contribution in [2.45, 2.75) is 18.9 Å². The molecule has 0 spiro atoms. The quantitative estimate of drug-likeness (QED) is 0.806. The molecule has 0 bridgehead atoms. The number of nitrogens with one attached hydrogen (secondary N) is 1. The number of ether oxygens (including phenoxy) is 1. The van der Waals surface area contributed by atoms with E-state index in [0.29, 0.717) is 35.6 Å². The van der Waals surface area contributed by atoms with Crippen molar-refractivity contribution >= 4 is 18.4 Å². The Morgan fingerprint density at radius 3 is 2.70 bits per heavy atom. The fraction of sp³-hybridized carbons (Fsp3) is 0.333. The third-order valence-electron chi connectivity index (χ3n) is 3.27. The van der Waals surface area contributed by atoms with Crippen LogP contribution in [0.4, 0.5) is 10.4 Å². The molecule has 1 aromatic carbocycles. The van der Waals surface area contributed by atoms with Crippen LogP contribution in [0.5, 0.6) is 5.75 Å². The van der Waals surface area contributed by atoms with Gasteiger partial charge in [0.25, 0.3) is 0 Å². The molecule has 1 aromatic heterocycles. The van der Waals surface area contributed by atoms with Gasteiger partial charge in [-0.1, -0.05) is 5.10 Å². The first kappa shape index (κ1) is 17.2. The molecule has 6 nitrogen and oxygen atoms in total. The van der Waals surface area contributed by atoms with Gasteiger partial charge in [0.05, 0.1) is 6.33 Å². The standard InChI is InChI=1S/C15H17FN4O2.ClH/c16-7-10(8-17)9-21-13-5-1-11(2-6-13)14-19-20-15(22-14)18-12-3-4-12;/h1-2,5-7,12H,3-4,8-9,17H2,(H,18,20);1H/b10-7+;. The number of rotatable bonds is 7. The third-order valence-corrected chi connectivity index (χ3v) is 3.27. The second kappa shape index (κ2) is 7.94. The van der Waals surface area contributed by atoms with E-state index in [2.05, 4.69) is 15.5 Å². The summed E-state index contributed by atoms with van der Waals surface area (Å²) in [6, 6.07) is 8.05. The highest BCUT2D eigenvalue weighted by Gasteiger charge is 2.23. The zero-order chi connectivity index (χ0) is 15.4. The zero-order valence-electron chi connectivity index (χ0n) is 12.4. The maximum Gasteiger partial charge on any atom is 0.315 e. The van der Waals surface area contributed by atoms with Crippen molar-refractivity contribution in [2.75, 3.05) is 18.5 Å². The van der Waals surface area contributed by atoms with Gasteiger partial charge in [-0.05, 0) is 37.1 Å². The van der Waals surface area contributed by atoms with Crippen LogP contribution in [0, 0.1) is 0 Å². The maximum absolute atomic E-state index is 12.4. The van der Waals surface area contributed by atoms with Crippen molar-refractivity contribution in [1.82, 2.24) is 10.2 Å². The molecular weight excluding hydrogens is 323 g/mol. The average Bonchev–Trinajstić information content (AvgIpc) is 3.24. The van der Waals surface area contributed by atoms with E-state index in [4.69, 9.17) is 14.9 Å². The zero-order valence-corrected chi connectivity index (χ0v) is 13.2. The molecule has 0 atom stereocenters. The molecule has 0 aliphatic heterocycles. The lowest BCUT2D eigenvalue weighted by Gasteiger charge is -2.07. The van der Waals surface area contributed by atoms with Crippen LogP contribution in [0.2, 0.25) is 0 Å². The van der Waals surface area contributed by atoms with Crippen molar-refractivity contribution in [2.24, 2.45) is 5.73 Å². The predicted octanol–water partition coefficient (Wildman–Crippen LogP) is 2.92. The number of anilines is 1. The van der Waals surface area contributed by atoms with Crippen molar-refractivity contribution in [3.05, 3.63) is 36.2 Å². The normalized spacial score (nSPS) is 14.3. The molecular formula is C15H18ClFN4O2. The van der Waals surface area contributed by atoms with Gasteiger partial charge in [-0.2, -0.15) is 0 Å². The lowest BCUT2D eigenvalue weighted by atomic mass is 10.2. The molecule has 1 heterocycles. The summed E-state index contributed by atoms with van der Waals surface area (Å²) in [5.74, 6) is 1.06. The number of benzene rings is 1. The van der Waals surface area contributed by atoms with E-state index < -0.39 is 0 Å². The topological polar surface area (TPSA) is 86.2 Å². The van der Waals surface area contributed by atoms with E-state index in [-0.39, 0.29) is 25.6 Å². The Bertz CT molecular complexity index is 656. The molecule has 124 valence electrons. The van der Waals surface area contributed by atoms with Crippen LogP contribution < -0.4 is 15.8 Å². The summed E-state index contributed by atoms with van der Waals surface area (Å²) in [7, 11) is 0. The molecule has 0 radical (unpaired) electrons. The summed E-state index contributed by atoms with van der Waals surface area (Å²) in [4.78, 5) is 0. The van der Waals surface area contributed by atoms with Crippen molar-refractivity contribution in [1.29, 1.82) is 0 Å². The monoisotopic (exact) mass is 340 g/mol. The smallest absolute Gasteiger partial charge is 0.315 e. The fourth-order valence-corrected chi connectivity index (χ4v) is 1.81. The Balaban J connectivity index is 0.00000192. The Morgan fingerprint density at radius 2 is 2.09 bits per heavy atom. The Morgan fingerprint density at radius 1 is 1.35 bits per heavy atom.